The number of rotatable bonds is 4. The smallest absolute Gasteiger partial charge is 0.272 e. The Morgan fingerprint density at radius 1 is 1.32 bits per heavy atom. The number of nitrogens with zero attached hydrogens (tertiary/aromatic N) is 2. The number of aromatic nitrogens is 1. The first kappa shape index (κ1) is 17.5. The maximum atomic E-state index is 12.5. The molecule has 25 heavy (non-hydrogen) atoms. The molecule has 0 spiro atoms. The van der Waals surface area contributed by atoms with Crippen LogP contribution in [0, 0.1) is 5.92 Å². The summed E-state index contributed by atoms with van der Waals surface area (Å²) in [5.74, 6) is 1.19. The van der Waals surface area contributed by atoms with Gasteiger partial charge in [-0.05, 0) is 49.1 Å². The number of hydrogen-bond acceptors (Lipinski definition) is 4. The third kappa shape index (κ3) is 4.23. The lowest BCUT2D eigenvalue weighted by molar-refractivity contribution is 0.0677. The van der Waals surface area contributed by atoms with E-state index in [0.29, 0.717) is 22.4 Å². The van der Waals surface area contributed by atoms with E-state index in [1.54, 1.807) is 31.5 Å². The van der Waals surface area contributed by atoms with Gasteiger partial charge in [-0.3, -0.25) is 4.79 Å². The van der Waals surface area contributed by atoms with Crippen LogP contribution in [0.1, 0.15) is 30.3 Å². The number of ether oxygens (including phenoxy) is 1. The molecule has 0 bridgehead atoms. The molecule has 0 saturated carbocycles. The first-order valence-electron chi connectivity index (χ1n) is 8.42. The second-order valence-corrected chi connectivity index (χ2v) is 6.81. The number of likely N-dealkylation sites (tertiary alicyclic amines) is 1. The summed E-state index contributed by atoms with van der Waals surface area (Å²) >= 11 is 6.13. The van der Waals surface area contributed by atoms with Crippen LogP contribution in [0.3, 0.4) is 0 Å². The number of methoxy groups -OCH3 is 1. The number of halogens is 1. The molecule has 1 atom stereocenters. The van der Waals surface area contributed by atoms with E-state index >= 15 is 0 Å². The van der Waals surface area contributed by atoms with Crippen molar-refractivity contribution in [2.24, 2.45) is 5.92 Å². The molecule has 5 nitrogen and oxygen atoms in total. The van der Waals surface area contributed by atoms with E-state index in [4.69, 9.17) is 16.3 Å². The molecule has 1 amide bonds. The summed E-state index contributed by atoms with van der Waals surface area (Å²) in [6, 6.07) is 9.07. The summed E-state index contributed by atoms with van der Waals surface area (Å²) in [6.45, 7) is 3.81. The van der Waals surface area contributed by atoms with Crippen molar-refractivity contribution in [3.63, 3.8) is 0 Å². The SMILES string of the molecule is COc1ccc(Nc2ccc(C(=O)N3CCCC(C)C3)nc2)cc1Cl. The summed E-state index contributed by atoms with van der Waals surface area (Å²) < 4.78 is 5.14. The first-order valence-corrected chi connectivity index (χ1v) is 8.80. The van der Waals surface area contributed by atoms with Crippen LogP contribution in [0.25, 0.3) is 0 Å². The maximum absolute atomic E-state index is 12.5. The van der Waals surface area contributed by atoms with E-state index in [0.717, 1.165) is 30.9 Å². The Balaban J connectivity index is 1.67. The molecule has 2 aromatic rings. The summed E-state index contributed by atoms with van der Waals surface area (Å²) in [5.41, 5.74) is 2.11. The van der Waals surface area contributed by atoms with Crippen LogP contribution < -0.4 is 10.1 Å². The molecular formula is C19H22ClN3O2. The van der Waals surface area contributed by atoms with E-state index in [2.05, 4.69) is 17.2 Å². The minimum Gasteiger partial charge on any atom is -0.495 e. The van der Waals surface area contributed by atoms with Crippen molar-refractivity contribution >= 4 is 28.9 Å². The van der Waals surface area contributed by atoms with Gasteiger partial charge >= 0.3 is 0 Å². The number of amides is 1. The monoisotopic (exact) mass is 359 g/mol. The predicted octanol–water partition coefficient (Wildman–Crippen LogP) is 4.36. The molecule has 132 valence electrons. The second-order valence-electron chi connectivity index (χ2n) is 6.41. The zero-order valence-corrected chi connectivity index (χ0v) is 15.2. The van der Waals surface area contributed by atoms with Crippen molar-refractivity contribution in [3.8, 4) is 5.75 Å². The lowest BCUT2D eigenvalue weighted by Crippen LogP contribution is -2.39. The van der Waals surface area contributed by atoms with Gasteiger partial charge in [-0.1, -0.05) is 18.5 Å². The van der Waals surface area contributed by atoms with Gasteiger partial charge in [0.2, 0.25) is 0 Å². The van der Waals surface area contributed by atoms with Gasteiger partial charge in [-0.25, -0.2) is 4.98 Å². The highest BCUT2D eigenvalue weighted by molar-refractivity contribution is 6.32. The predicted molar refractivity (Wildman–Crippen MR) is 99.8 cm³/mol. The average Bonchev–Trinajstić information content (AvgIpc) is 2.62. The molecule has 1 fully saturated rings. The van der Waals surface area contributed by atoms with Crippen LogP contribution in [-0.4, -0.2) is 36.0 Å². The van der Waals surface area contributed by atoms with E-state index < -0.39 is 0 Å². The Hall–Kier alpha value is -2.27. The fourth-order valence-electron chi connectivity index (χ4n) is 3.04. The maximum Gasteiger partial charge on any atom is 0.272 e. The Labute approximate surface area is 153 Å². The lowest BCUT2D eigenvalue weighted by atomic mass is 10.00. The number of carbonyl (C=O) groups excluding carboxylic acids is 1. The fraction of sp³-hybridized carbons (Fsp3) is 0.368. The van der Waals surface area contributed by atoms with Crippen LogP contribution >= 0.6 is 11.6 Å². The van der Waals surface area contributed by atoms with E-state index in [-0.39, 0.29) is 5.91 Å². The summed E-state index contributed by atoms with van der Waals surface area (Å²) in [6.07, 6.45) is 3.91. The number of pyridine rings is 1. The number of piperidine rings is 1. The lowest BCUT2D eigenvalue weighted by Gasteiger charge is -2.30. The molecule has 1 saturated heterocycles. The third-order valence-electron chi connectivity index (χ3n) is 4.37. The Morgan fingerprint density at radius 3 is 2.76 bits per heavy atom. The third-order valence-corrected chi connectivity index (χ3v) is 4.66. The van der Waals surface area contributed by atoms with Crippen molar-refractivity contribution in [2.75, 3.05) is 25.5 Å². The molecule has 1 aromatic carbocycles. The molecule has 2 heterocycles. The fourth-order valence-corrected chi connectivity index (χ4v) is 3.30. The zero-order chi connectivity index (χ0) is 17.8. The van der Waals surface area contributed by atoms with Gasteiger partial charge in [0.25, 0.3) is 5.91 Å². The van der Waals surface area contributed by atoms with E-state index in [1.165, 1.54) is 6.42 Å². The van der Waals surface area contributed by atoms with Gasteiger partial charge in [0, 0.05) is 18.8 Å². The first-order chi connectivity index (χ1) is 12.1. The van der Waals surface area contributed by atoms with Gasteiger partial charge in [-0.2, -0.15) is 0 Å². The molecule has 1 aliphatic heterocycles. The Bertz CT molecular complexity index is 749. The van der Waals surface area contributed by atoms with Gasteiger partial charge in [-0.15, -0.1) is 0 Å². The van der Waals surface area contributed by atoms with Crippen molar-refractivity contribution in [1.82, 2.24) is 9.88 Å². The number of anilines is 2. The second kappa shape index (κ2) is 7.74. The molecule has 1 unspecified atom stereocenters. The largest absolute Gasteiger partial charge is 0.495 e. The minimum absolute atomic E-state index is 0.00518. The molecule has 1 aliphatic rings. The quantitative estimate of drug-likeness (QED) is 0.881. The van der Waals surface area contributed by atoms with Gasteiger partial charge in [0.15, 0.2) is 0 Å². The van der Waals surface area contributed by atoms with Crippen LogP contribution in [0.15, 0.2) is 36.5 Å². The number of nitrogens with one attached hydrogen (secondary N) is 1. The van der Waals surface area contributed by atoms with Crippen LogP contribution in [0.5, 0.6) is 5.75 Å². The van der Waals surface area contributed by atoms with Gasteiger partial charge < -0.3 is 15.0 Å². The number of benzene rings is 1. The van der Waals surface area contributed by atoms with E-state index in [9.17, 15) is 4.79 Å². The van der Waals surface area contributed by atoms with Crippen LogP contribution in [0.2, 0.25) is 5.02 Å². The summed E-state index contributed by atoms with van der Waals surface area (Å²) in [7, 11) is 1.58. The highest BCUT2D eigenvalue weighted by Crippen LogP contribution is 2.28. The molecule has 0 radical (unpaired) electrons. The standard InChI is InChI=1S/C19H22ClN3O2/c1-13-4-3-9-23(12-13)19(24)17-7-5-15(11-21-17)22-14-6-8-18(25-2)16(20)10-14/h5-8,10-11,13,22H,3-4,9,12H2,1-2H3. The summed E-state index contributed by atoms with van der Waals surface area (Å²) in [5, 5.41) is 3.76. The zero-order valence-electron chi connectivity index (χ0n) is 14.5. The van der Waals surface area contributed by atoms with Crippen molar-refractivity contribution in [1.29, 1.82) is 0 Å². The van der Waals surface area contributed by atoms with Gasteiger partial charge in [0.1, 0.15) is 11.4 Å². The highest BCUT2D eigenvalue weighted by atomic mass is 35.5. The molecule has 1 N–H and O–H groups in total. The topological polar surface area (TPSA) is 54.5 Å². The number of hydrogen-bond donors (Lipinski definition) is 1. The van der Waals surface area contributed by atoms with Crippen LogP contribution in [0.4, 0.5) is 11.4 Å². The van der Waals surface area contributed by atoms with Crippen molar-refractivity contribution in [2.45, 2.75) is 19.8 Å². The Kier molecular flexibility index (Phi) is 5.43. The van der Waals surface area contributed by atoms with Crippen molar-refractivity contribution < 1.29 is 9.53 Å². The van der Waals surface area contributed by atoms with Crippen LogP contribution in [-0.2, 0) is 0 Å². The average molecular weight is 360 g/mol. The molecule has 0 aliphatic carbocycles. The highest BCUT2D eigenvalue weighted by Gasteiger charge is 2.22. The molecule has 1 aromatic heterocycles. The minimum atomic E-state index is 0.00518. The molecule has 6 heteroatoms. The Morgan fingerprint density at radius 2 is 2.12 bits per heavy atom. The van der Waals surface area contributed by atoms with Gasteiger partial charge in [0.05, 0.1) is 24.0 Å². The molecule has 3 rings (SSSR count). The van der Waals surface area contributed by atoms with Crippen molar-refractivity contribution in [3.05, 3.63) is 47.2 Å². The normalized spacial score (nSPS) is 17.2. The molecular weight excluding hydrogens is 338 g/mol. The summed E-state index contributed by atoms with van der Waals surface area (Å²) in [4.78, 5) is 18.8. The number of carbonyl (C=O) groups is 1. The van der Waals surface area contributed by atoms with E-state index in [1.807, 2.05) is 17.0 Å².